The number of nitrogens with zero attached hydrogens (tertiary/aromatic N) is 5. The molecule has 142 valence electrons. The number of hydrogen-bond acceptors (Lipinski definition) is 5. The summed E-state index contributed by atoms with van der Waals surface area (Å²) in [6, 6.07) is 8.18. The van der Waals surface area contributed by atoms with Crippen molar-refractivity contribution in [3.8, 4) is 0 Å². The number of carbonyl (C=O) groups excluding carboxylic acids is 2. The molecule has 7 nitrogen and oxygen atoms in total. The molecule has 9 heteroatoms. The van der Waals surface area contributed by atoms with E-state index < -0.39 is 0 Å². The molecule has 1 aliphatic rings. The van der Waals surface area contributed by atoms with E-state index >= 15 is 0 Å². The van der Waals surface area contributed by atoms with Crippen LogP contribution in [0, 0.1) is 0 Å². The highest BCUT2D eigenvalue weighted by molar-refractivity contribution is 6.35. The summed E-state index contributed by atoms with van der Waals surface area (Å²) in [6.07, 6.45) is 0. The first-order valence-corrected chi connectivity index (χ1v) is 9.16. The lowest BCUT2D eigenvalue weighted by Gasteiger charge is -2.34. The molecule has 0 aliphatic carbocycles. The highest BCUT2D eigenvalue weighted by Crippen LogP contribution is 2.21. The Balaban J connectivity index is 1.62. The summed E-state index contributed by atoms with van der Waals surface area (Å²) >= 11 is 11.9. The predicted molar refractivity (Wildman–Crippen MR) is 105 cm³/mol. The molecule has 0 radical (unpaired) electrons. The van der Waals surface area contributed by atoms with Gasteiger partial charge in [0.2, 0.25) is 0 Å². The van der Waals surface area contributed by atoms with Gasteiger partial charge in [0.1, 0.15) is 0 Å². The number of carbonyl (C=O) groups is 2. The quantitative estimate of drug-likeness (QED) is 0.781. The van der Waals surface area contributed by atoms with E-state index in [9.17, 15) is 9.59 Å². The molecule has 2 heterocycles. The minimum Gasteiger partial charge on any atom is -0.361 e. The number of piperazine rings is 1. The summed E-state index contributed by atoms with van der Waals surface area (Å²) in [5, 5.41) is 8.87. The zero-order valence-electron chi connectivity index (χ0n) is 15.0. The van der Waals surface area contributed by atoms with Crippen molar-refractivity contribution in [1.29, 1.82) is 0 Å². The average Bonchev–Trinajstić information content (AvgIpc) is 2.66. The normalized spacial score (nSPS) is 14.2. The Bertz CT molecular complexity index is 829. The standard InChI is InChI=1S/C18H19Cl2N5O2/c1-23(2)16-4-3-15(21-22-16)18(27)25-7-5-24(6-8-25)17(26)12-9-13(19)11-14(20)10-12/h3-4,9-11H,5-8H2,1-2H3. The lowest BCUT2D eigenvalue weighted by atomic mass is 10.1. The zero-order chi connectivity index (χ0) is 19.6. The van der Waals surface area contributed by atoms with Gasteiger partial charge in [-0.2, -0.15) is 0 Å². The Kier molecular flexibility index (Phi) is 5.82. The molecule has 1 aromatic carbocycles. The van der Waals surface area contributed by atoms with Crippen LogP contribution >= 0.6 is 23.2 Å². The maximum absolute atomic E-state index is 12.6. The van der Waals surface area contributed by atoms with Crippen LogP contribution in [-0.4, -0.2) is 72.1 Å². The zero-order valence-corrected chi connectivity index (χ0v) is 16.5. The molecule has 2 amide bonds. The second-order valence-corrected chi connectivity index (χ2v) is 7.29. The fourth-order valence-corrected chi connectivity index (χ4v) is 3.34. The van der Waals surface area contributed by atoms with E-state index in [4.69, 9.17) is 23.2 Å². The third-order valence-corrected chi connectivity index (χ3v) is 4.73. The van der Waals surface area contributed by atoms with Crippen LogP contribution in [0.15, 0.2) is 30.3 Å². The van der Waals surface area contributed by atoms with Crippen molar-refractivity contribution in [2.24, 2.45) is 0 Å². The predicted octanol–water partition coefficient (Wildman–Crippen LogP) is 2.45. The van der Waals surface area contributed by atoms with E-state index in [2.05, 4.69) is 10.2 Å². The Hall–Kier alpha value is -2.38. The molecule has 1 fully saturated rings. The summed E-state index contributed by atoms with van der Waals surface area (Å²) < 4.78 is 0. The van der Waals surface area contributed by atoms with Crippen LogP contribution in [-0.2, 0) is 0 Å². The van der Waals surface area contributed by atoms with Crippen molar-refractivity contribution in [3.63, 3.8) is 0 Å². The van der Waals surface area contributed by atoms with Crippen LogP contribution in [0.5, 0.6) is 0 Å². The van der Waals surface area contributed by atoms with Gasteiger partial charge in [-0.15, -0.1) is 10.2 Å². The maximum Gasteiger partial charge on any atom is 0.274 e. The number of rotatable bonds is 3. The fraction of sp³-hybridized carbons (Fsp3) is 0.333. The van der Waals surface area contributed by atoms with Crippen molar-refractivity contribution in [2.45, 2.75) is 0 Å². The molecule has 1 saturated heterocycles. The summed E-state index contributed by atoms with van der Waals surface area (Å²) in [7, 11) is 3.71. The second kappa shape index (κ2) is 8.10. The van der Waals surface area contributed by atoms with Crippen LogP contribution in [0.2, 0.25) is 10.0 Å². The average molecular weight is 408 g/mol. The van der Waals surface area contributed by atoms with Crippen LogP contribution < -0.4 is 4.90 Å². The Morgan fingerprint density at radius 3 is 1.93 bits per heavy atom. The summed E-state index contributed by atoms with van der Waals surface area (Å²) in [6.45, 7) is 1.71. The van der Waals surface area contributed by atoms with Crippen molar-refractivity contribution in [2.75, 3.05) is 45.2 Å². The first kappa shape index (κ1) is 19.4. The highest BCUT2D eigenvalue weighted by Gasteiger charge is 2.26. The van der Waals surface area contributed by atoms with E-state index in [-0.39, 0.29) is 11.8 Å². The number of benzene rings is 1. The van der Waals surface area contributed by atoms with E-state index in [1.807, 2.05) is 19.0 Å². The van der Waals surface area contributed by atoms with Crippen molar-refractivity contribution in [1.82, 2.24) is 20.0 Å². The highest BCUT2D eigenvalue weighted by atomic mass is 35.5. The summed E-state index contributed by atoms with van der Waals surface area (Å²) in [4.78, 5) is 30.4. The van der Waals surface area contributed by atoms with Crippen LogP contribution in [0.25, 0.3) is 0 Å². The Labute approximate surface area is 167 Å². The monoisotopic (exact) mass is 407 g/mol. The molecule has 0 unspecified atom stereocenters. The molecule has 0 spiro atoms. The van der Waals surface area contributed by atoms with Gasteiger partial charge in [-0.1, -0.05) is 23.2 Å². The first-order valence-electron chi connectivity index (χ1n) is 8.41. The lowest BCUT2D eigenvalue weighted by Crippen LogP contribution is -2.50. The van der Waals surface area contributed by atoms with Gasteiger partial charge in [-0.25, -0.2) is 0 Å². The van der Waals surface area contributed by atoms with E-state index in [0.29, 0.717) is 53.3 Å². The fourth-order valence-electron chi connectivity index (χ4n) is 2.81. The number of hydrogen-bond donors (Lipinski definition) is 0. The molecule has 1 aliphatic heterocycles. The molecule has 1 aromatic heterocycles. The summed E-state index contributed by atoms with van der Waals surface area (Å²) in [5.74, 6) is 0.342. The van der Waals surface area contributed by atoms with Crippen LogP contribution in [0.4, 0.5) is 5.82 Å². The molecule has 0 saturated carbocycles. The molecule has 2 aromatic rings. The van der Waals surface area contributed by atoms with Gasteiger partial charge < -0.3 is 14.7 Å². The van der Waals surface area contributed by atoms with Crippen molar-refractivity contribution < 1.29 is 9.59 Å². The molecule has 0 N–H and O–H groups in total. The van der Waals surface area contributed by atoms with Crippen molar-refractivity contribution in [3.05, 3.63) is 51.6 Å². The molecular formula is C18H19Cl2N5O2. The maximum atomic E-state index is 12.6. The van der Waals surface area contributed by atoms with Gasteiger partial charge >= 0.3 is 0 Å². The van der Waals surface area contributed by atoms with Gasteiger partial charge in [-0.3, -0.25) is 9.59 Å². The van der Waals surface area contributed by atoms with Crippen LogP contribution in [0.3, 0.4) is 0 Å². The topological polar surface area (TPSA) is 69.6 Å². The third-order valence-electron chi connectivity index (χ3n) is 4.29. The smallest absolute Gasteiger partial charge is 0.274 e. The van der Waals surface area contributed by atoms with Gasteiger partial charge in [0.05, 0.1) is 0 Å². The summed E-state index contributed by atoms with van der Waals surface area (Å²) in [5.41, 5.74) is 0.736. The number of anilines is 1. The third kappa shape index (κ3) is 4.48. The molecule has 0 bridgehead atoms. The minimum absolute atomic E-state index is 0.151. The van der Waals surface area contributed by atoms with Gasteiger partial charge in [0.25, 0.3) is 11.8 Å². The molecule has 0 atom stereocenters. The number of aromatic nitrogens is 2. The number of halogens is 2. The minimum atomic E-state index is -0.189. The van der Waals surface area contributed by atoms with Gasteiger partial charge in [0, 0.05) is 55.9 Å². The van der Waals surface area contributed by atoms with Crippen LogP contribution in [0.1, 0.15) is 20.8 Å². The number of amides is 2. The molecule has 3 rings (SSSR count). The molecule has 27 heavy (non-hydrogen) atoms. The Morgan fingerprint density at radius 2 is 1.44 bits per heavy atom. The largest absolute Gasteiger partial charge is 0.361 e. The lowest BCUT2D eigenvalue weighted by molar-refractivity contribution is 0.0531. The van der Waals surface area contributed by atoms with E-state index in [0.717, 1.165) is 0 Å². The van der Waals surface area contributed by atoms with E-state index in [1.54, 1.807) is 40.1 Å². The SMILES string of the molecule is CN(C)c1ccc(C(=O)N2CCN(C(=O)c3cc(Cl)cc(Cl)c3)CC2)nn1. The van der Waals surface area contributed by atoms with Gasteiger partial charge in [-0.05, 0) is 30.3 Å². The Morgan fingerprint density at radius 1 is 0.889 bits per heavy atom. The molecular weight excluding hydrogens is 389 g/mol. The van der Waals surface area contributed by atoms with E-state index in [1.165, 1.54) is 0 Å². The second-order valence-electron chi connectivity index (χ2n) is 6.41. The van der Waals surface area contributed by atoms with Crippen molar-refractivity contribution >= 4 is 40.8 Å². The van der Waals surface area contributed by atoms with Gasteiger partial charge in [0.15, 0.2) is 11.5 Å². The first-order chi connectivity index (χ1) is 12.8.